The Morgan fingerprint density at radius 3 is 2.46 bits per heavy atom. The summed E-state index contributed by atoms with van der Waals surface area (Å²) in [6, 6.07) is 6.34. The molecule has 3 heterocycles. The molecule has 1 spiro atoms. The lowest BCUT2D eigenvalue weighted by Gasteiger charge is -2.35. The number of unbranched alkanes of at least 4 members (excludes halogenated alkanes) is 2. The summed E-state index contributed by atoms with van der Waals surface area (Å²) in [6.45, 7) is 10.5. The maximum Gasteiger partial charge on any atom is 0.246 e. The van der Waals surface area contributed by atoms with Crippen molar-refractivity contribution < 1.29 is 29.0 Å². The molecule has 3 N–H and O–H groups in total. The molecule has 0 radical (unpaired) electrons. The number of aliphatic hydroxyl groups excluding tert-OH is 1. The zero-order valence-electron chi connectivity index (χ0n) is 22.6. The second-order valence-electron chi connectivity index (χ2n) is 11.7. The number of aliphatic hydroxyl groups is 1. The first-order valence-corrected chi connectivity index (χ1v) is 13.4. The van der Waals surface area contributed by atoms with Crippen LogP contribution in [0.5, 0.6) is 5.75 Å². The van der Waals surface area contributed by atoms with Gasteiger partial charge in [-0.1, -0.05) is 0 Å². The van der Waals surface area contributed by atoms with Gasteiger partial charge in [0.2, 0.25) is 17.7 Å². The highest BCUT2D eigenvalue weighted by Crippen LogP contribution is 2.63. The Labute approximate surface area is 219 Å². The highest BCUT2D eigenvalue weighted by molar-refractivity contribution is 6.02. The van der Waals surface area contributed by atoms with Crippen molar-refractivity contribution in [3.8, 4) is 5.75 Å². The van der Waals surface area contributed by atoms with Crippen molar-refractivity contribution in [2.45, 2.75) is 89.5 Å². The fourth-order valence-corrected chi connectivity index (χ4v) is 6.40. The molecule has 2 unspecified atom stereocenters. The van der Waals surface area contributed by atoms with Crippen LogP contribution in [-0.4, -0.2) is 70.3 Å². The first kappa shape index (κ1) is 27.4. The van der Waals surface area contributed by atoms with Crippen molar-refractivity contribution in [2.75, 3.05) is 25.1 Å². The Hall–Kier alpha value is -2.65. The molecule has 9 heteroatoms. The Kier molecular flexibility index (Phi) is 7.59. The lowest BCUT2D eigenvalue weighted by molar-refractivity contribution is -0.145. The minimum atomic E-state index is -1.04. The number of carbonyl (C=O) groups excluding carboxylic acids is 3. The largest absolute Gasteiger partial charge is 0.494 e. The molecule has 204 valence electrons. The van der Waals surface area contributed by atoms with Gasteiger partial charge >= 0.3 is 0 Å². The number of benzene rings is 1. The van der Waals surface area contributed by atoms with E-state index in [1.54, 1.807) is 29.2 Å². The van der Waals surface area contributed by atoms with Crippen LogP contribution in [0.25, 0.3) is 0 Å². The summed E-state index contributed by atoms with van der Waals surface area (Å²) in [5.41, 5.74) is -1.75. The van der Waals surface area contributed by atoms with Gasteiger partial charge in [-0.05, 0) is 91.0 Å². The van der Waals surface area contributed by atoms with E-state index in [0.29, 0.717) is 50.3 Å². The first-order chi connectivity index (χ1) is 17.5. The lowest BCUT2D eigenvalue weighted by atomic mass is 9.66. The molecule has 5 atom stereocenters. The van der Waals surface area contributed by atoms with E-state index in [2.05, 4.69) is 10.6 Å². The molecule has 3 saturated heterocycles. The number of hydrogen-bond donors (Lipinski definition) is 3. The molecule has 9 nitrogen and oxygen atoms in total. The average molecular weight is 516 g/mol. The predicted molar refractivity (Wildman–Crippen MR) is 139 cm³/mol. The number of anilines is 1. The topological polar surface area (TPSA) is 117 Å². The Morgan fingerprint density at radius 2 is 1.84 bits per heavy atom. The molecule has 1 aromatic rings. The number of carbonyl (C=O) groups is 3. The van der Waals surface area contributed by atoms with Crippen LogP contribution < -0.4 is 15.4 Å². The van der Waals surface area contributed by atoms with Gasteiger partial charge in [-0.15, -0.1) is 0 Å². The molecule has 0 saturated carbocycles. The van der Waals surface area contributed by atoms with E-state index in [4.69, 9.17) is 14.6 Å². The SMILES string of the molecule is CCOc1ccc(NC(=O)[C@H]2[C@H]3C(=O)N(CCCCCO)C(C(=O)NC(C)(C)C)C34CC[C@]2(C)O4)cc1. The van der Waals surface area contributed by atoms with Gasteiger partial charge in [0, 0.05) is 24.4 Å². The summed E-state index contributed by atoms with van der Waals surface area (Å²) in [5, 5.41) is 15.2. The van der Waals surface area contributed by atoms with Crippen molar-refractivity contribution >= 4 is 23.4 Å². The molecule has 0 aromatic heterocycles. The molecule has 1 aromatic carbocycles. The second-order valence-corrected chi connectivity index (χ2v) is 11.7. The standard InChI is InChI=1S/C28H41N3O6/c1-6-36-19-12-10-18(11-13-19)29-23(33)20-21-25(35)31(16-8-7-9-17-32)22(24(34)30-26(2,3)4)28(21)15-14-27(20,5)37-28/h10-13,20-22,32H,6-9,14-17H2,1-5H3,(H,29,33)(H,30,34)/t20-,21+,22?,27+,28?/m1/s1. The molecule has 3 amide bonds. The number of fused-ring (bicyclic) bond motifs is 1. The summed E-state index contributed by atoms with van der Waals surface area (Å²) >= 11 is 0. The Bertz CT molecular complexity index is 1020. The maximum absolute atomic E-state index is 14.0. The molecule has 3 fully saturated rings. The van der Waals surface area contributed by atoms with Crippen LogP contribution in [0.2, 0.25) is 0 Å². The van der Waals surface area contributed by atoms with Crippen molar-refractivity contribution in [1.82, 2.24) is 10.2 Å². The molecule has 0 aliphatic carbocycles. The quantitative estimate of drug-likeness (QED) is 0.413. The van der Waals surface area contributed by atoms with Crippen LogP contribution in [0, 0.1) is 11.8 Å². The van der Waals surface area contributed by atoms with Gasteiger partial charge in [0.1, 0.15) is 17.4 Å². The van der Waals surface area contributed by atoms with E-state index in [0.717, 1.165) is 6.42 Å². The highest BCUT2D eigenvalue weighted by atomic mass is 16.5. The molecule has 4 rings (SSSR count). The molecule has 2 bridgehead atoms. The predicted octanol–water partition coefficient (Wildman–Crippen LogP) is 2.87. The number of ether oxygens (including phenoxy) is 2. The van der Waals surface area contributed by atoms with E-state index in [1.165, 1.54) is 0 Å². The molecule has 37 heavy (non-hydrogen) atoms. The number of likely N-dealkylation sites (tertiary alicyclic amines) is 1. The summed E-state index contributed by atoms with van der Waals surface area (Å²) in [7, 11) is 0. The van der Waals surface area contributed by atoms with E-state index in [9.17, 15) is 14.4 Å². The minimum absolute atomic E-state index is 0.0870. The van der Waals surface area contributed by atoms with E-state index in [1.807, 2.05) is 34.6 Å². The number of nitrogens with zero attached hydrogens (tertiary/aromatic N) is 1. The smallest absolute Gasteiger partial charge is 0.246 e. The second kappa shape index (κ2) is 10.3. The highest BCUT2D eigenvalue weighted by Gasteiger charge is 2.77. The van der Waals surface area contributed by atoms with Gasteiger partial charge in [-0.2, -0.15) is 0 Å². The third-order valence-electron chi connectivity index (χ3n) is 7.80. The van der Waals surface area contributed by atoms with Crippen LogP contribution in [-0.2, 0) is 19.1 Å². The number of nitrogens with one attached hydrogen (secondary N) is 2. The monoisotopic (exact) mass is 515 g/mol. The molecule has 3 aliphatic rings. The normalized spacial score (nSPS) is 30.4. The van der Waals surface area contributed by atoms with Crippen LogP contribution in [0.4, 0.5) is 5.69 Å². The van der Waals surface area contributed by atoms with Crippen molar-refractivity contribution in [1.29, 1.82) is 0 Å². The summed E-state index contributed by atoms with van der Waals surface area (Å²) < 4.78 is 12.1. The zero-order valence-corrected chi connectivity index (χ0v) is 22.6. The van der Waals surface area contributed by atoms with Gasteiger partial charge in [0.25, 0.3) is 0 Å². The number of amides is 3. The zero-order chi connectivity index (χ0) is 27.0. The van der Waals surface area contributed by atoms with Gasteiger partial charge in [-0.3, -0.25) is 14.4 Å². The van der Waals surface area contributed by atoms with Gasteiger partial charge in [-0.25, -0.2) is 0 Å². The molecular formula is C28H41N3O6. The minimum Gasteiger partial charge on any atom is -0.494 e. The lowest BCUT2D eigenvalue weighted by Crippen LogP contribution is -2.58. The number of rotatable bonds is 10. The third-order valence-corrected chi connectivity index (χ3v) is 7.80. The van der Waals surface area contributed by atoms with Gasteiger partial charge in [0.15, 0.2) is 0 Å². The van der Waals surface area contributed by atoms with Gasteiger partial charge in [0.05, 0.1) is 24.0 Å². The third kappa shape index (κ3) is 5.08. The van der Waals surface area contributed by atoms with Crippen molar-refractivity contribution in [2.24, 2.45) is 11.8 Å². The summed E-state index contributed by atoms with van der Waals surface area (Å²) in [4.78, 5) is 42.9. The van der Waals surface area contributed by atoms with Crippen molar-refractivity contribution in [3.63, 3.8) is 0 Å². The average Bonchev–Trinajstić information content (AvgIpc) is 3.38. The van der Waals surface area contributed by atoms with Crippen LogP contribution in [0.1, 0.15) is 66.7 Å². The summed E-state index contributed by atoms with van der Waals surface area (Å²) in [6.07, 6.45) is 3.18. The molecular weight excluding hydrogens is 474 g/mol. The van der Waals surface area contributed by atoms with Crippen LogP contribution >= 0.6 is 0 Å². The van der Waals surface area contributed by atoms with Crippen LogP contribution in [0.15, 0.2) is 24.3 Å². The fourth-order valence-electron chi connectivity index (χ4n) is 6.40. The first-order valence-electron chi connectivity index (χ1n) is 13.4. The van der Waals surface area contributed by atoms with Crippen molar-refractivity contribution in [3.05, 3.63) is 24.3 Å². The fraction of sp³-hybridized carbons (Fsp3) is 0.679. The summed E-state index contributed by atoms with van der Waals surface area (Å²) in [5.74, 6) is -1.46. The van der Waals surface area contributed by atoms with E-state index in [-0.39, 0.29) is 24.3 Å². The van der Waals surface area contributed by atoms with Crippen LogP contribution in [0.3, 0.4) is 0 Å². The molecule has 3 aliphatic heterocycles. The number of hydrogen-bond acceptors (Lipinski definition) is 6. The van der Waals surface area contributed by atoms with E-state index >= 15 is 0 Å². The Balaban J connectivity index is 1.63. The van der Waals surface area contributed by atoms with Gasteiger partial charge < -0.3 is 30.1 Å². The van der Waals surface area contributed by atoms with E-state index < -0.39 is 34.6 Å². The maximum atomic E-state index is 14.0. The Morgan fingerprint density at radius 1 is 1.14 bits per heavy atom.